The minimum Gasteiger partial charge on any atom is -0.289 e. The van der Waals surface area contributed by atoms with E-state index in [0.29, 0.717) is 10.4 Å². The van der Waals surface area contributed by atoms with Gasteiger partial charge in [-0.2, -0.15) is 0 Å². The van der Waals surface area contributed by atoms with E-state index in [9.17, 15) is 0 Å². The Hall–Kier alpha value is -0.730. The standard InChI is InChI=1S/C7H4Cl2N2/c8-6-5-3-1-2-4-11(5)7(9)10-6/h1-4H. The first-order chi connectivity index (χ1) is 5.29. The Morgan fingerprint density at radius 1 is 1.27 bits per heavy atom. The Labute approximate surface area is 73.4 Å². The van der Waals surface area contributed by atoms with Crippen molar-refractivity contribution in [3.63, 3.8) is 0 Å². The molecule has 2 aromatic rings. The van der Waals surface area contributed by atoms with Gasteiger partial charge in [0.1, 0.15) is 0 Å². The topological polar surface area (TPSA) is 17.3 Å². The molecule has 0 spiro atoms. The fourth-order valence-electron chi connectivity index (χ4n) is 0.964. The molecule has 0 radical (unpaired) electrons. The van der Waals surface area contributed by atoms with Gasteiger partial charge in [-0.15, -0.1) is 0 Å². The van der Waals surface area contributed by atoms with Crippen molar-refractivity contribution in [2.75, 3.05) is 0 Å². The van der Waals surface area contributed by atoms with Crippen molar-refractivity contribution in [2.45, 2.75) is 0 Å². The SMILES string of the molecule is Clc1nc(Cl)n2ccccc12. The highest BCUT2D eigenvalue weighted by molar-refractivity contribution is 6.35. The maximum Gasteiger partial charge on any atom is 0.208 e. The third kappa shape index (κ3) is 0.988. The number of imidazole rings is 1. The van der Waals surface area contributed by atoms with E-state index in [1.54, 1.807) is 4.40 Å². The number of hydrogen-bond donors (Lipinski definition) is 0. The van der Waals surface area contributed by atoms with E-state index in [2.05, 4.69) is 4.98 Å². The predicted molar refractivity (Wildman–Crippen MR) is 45.2 cm³/mol. The van der Waals surface area contributed by atoms with E-state index in [1.807, 2.05) is 24.4 Å². The van der Waals surface area contributed by atoms with Gasteiger partial charge < -0.3 is 0 Å². The summed E-state index contributed by atoms with van der Waals surface area (Å²) in [5, 5.41) is 0.834. The molecule has 0 aliphatic heterocycles. The molecule has 2 aromatic heterocycles. The van der Waals surface area contributed by atoms with E-state index in [1.165, 1.54) is 0 Å². The van der Waals surface area contributed by atoms with Crippen molar-refractivity contribution in [1.29, 1.82) is 0 Å². The van der Waals surface area contributed by atoms with Crippen molar-refractivity contribution in [1.82, 2.24) is 9.38 Å². The lowest BCUT2D eigenvalue weighted by atomic mass is 10.4. The molecule has 0 unspecified atom stereocenters. The summed E-state index contributed by atoms with van der Waals surface area (Å²) in [6.07, 6.45) is 1.82. The normalized spacial score (nSPS) is 10.7. The first-order valence-electron chi connectivity index (χ1n) is 3.07. The van der Waals surface area contributed by atoms with E-state index in [0.717, 1.165) is 5.52 Å². The summed E-state index contributed by atoms with van der Waals surface area (Å²) >= 11 is 11.5. The quantitative estimate of drug-likeness (QED) is 0.619. The molecule has 2 heterocycles. The lowest BCUT2D eigenvalue weighted by Crippen LogP contribution is -1.80. The van der Waals surface area contributed by atoms with Gasteiger partial charge in [-0.3, -0.25) is 4.40 Å². The maximum atomic E-state index is 5.76. The number of aromatic nitrogens is 2. The van der Waals surface area contributed by atoms with Crippen molar-refractivity contribution in [3.8, 4) is 0 Å². The van der Waals surface area contributed by atoms with Gasteiger partial charge in [-0.05, 0) is 23.7 Å². The summed E-state index contributed by atoms with van der Waals surface area (Å²) in [6.45, 7) is 0. The fourth-order valence-corrected chi connectivity index (χ4v) is 1.47. The fraction of sp³-hybridized carbons (Fsp3) is 0. The molecule has 0 aliphatic carbocycles. The molecule has 0 saturated carbocycles. The Kier molecular flexibility index (Phi) is 1.51. The molecule has 0 fully saturated rings. The second-order valence-corrected chi connectivity index (χ2v) is 2.82. The van der Waals surface area contributed by atoms with Gasteiger partial charge in [0, 0.05) is 6.20 Å². The zero-order valence-electron chi connectivity index (χ0n) is 5.46. The predicted octanol–water partition coefficient (Wildman–Crippen LogP) is 2.64. The lowest BCUT2D eigenvalue weighted by molar-refractivity contribution is 1.15. The van der Waals surface area contributed by atoms with Crippen molar-refractivity contribution in [2.24, 2.45) is 0 Å². The third-order valence-corrected chi connectivity index (χ3v) is 2.01. The van der Waals surface area contributed by atoms with E-state index in [-0.39, 0.29) is 0 Å². The summed E-state index contributed by atoms with van der Waals surface area (Å²) in [6, 6.07) is 5.62. The summed E-state index contributed by atoms with van der Waals surface area (Å²) in [5.74, 6) is 0. The second kappa shape index (κ2) is 2.40. The zero-order valence-corrected chi connectivity index (χ0v) is 6.97. The van der Waals surface area contributed by atoms with Gasteiger partial charge in [0.25, 0.3) is 0 Å². The molecular weight excluding hydrogens is 183 g/mol. The first-order valence-corrected chi connectivity index (χ1v) is 3.83. The second-order valence-electron chi connectivity index (χ2n) is 2.13. The maximum absolute atomic E-state index is 5.76. The average molecular weight is 187 g/mol. The largest absolute Gasteiger partial charge is 0.289 e. The Morgan fingerprint density at radius 2 is 2.09 bits per heavy atom. The van der Waals surface area contributed by atoms with Crippen LogP contribution in [-0.2, 0) is 0 Å². The smallest absolute Gasteiger partial charge is 0.208 e. The van der Waals surface area contributed by atoms with Crippen LogP contribution in [0, 0.1) is 0 Å². The molecule has 0 aliphatic rings. The van der Waals surface area contributed by atoms with Crippen molar-refractivity contribution >= 4 is 28.7 Å². The zero-order chi connectivity index (χ0) is 7.84. The molecule has 0 saturated heterocycles. The van der Waals surface area contributed by atoms with Gasteiger partial charge in [0.05, 0.1) is 5.52 Å². The Bertz CT molecular complexity index is 358. The molecule has 2 nitrogen and oxygen atoms in total. The highest BCUT2D eigenvalue weighted by Gasteiger charge is 2.04. The molecule has 4 heteroatoms. The molecule has 2 rings (SSSR count). The monoisotopic (exact) mass is 186 g/mol. The van der Waals surface area contributed by atoms with Crippen LogP contribution in [0.2, 0.25) is 10.4 Å². The van der Waals surface area contributed by atoms with Crippen LogP contribution in [0.5, 0.6) is 0 Å². The van der Waals surface area contributed by atoms with Crippen LogP contribution < -0.4 is 0 Å². The Morgan fingerprint density at radius 3 is 2.82 bits per heavy atom. The first kappa shape index (κ1) is 6.95. The van der Waals surface area contributed by atoms with E-state index >= 15 is 0 Å². The number of rotatable bonds is 0. The van der Waals surface area contributed by atoms with Crippen LogP contribution in [0.3, 0.4) is 0 Å². The van der Waals surface area contributed by atoms with Crippen molar-refractivity contribution in [3.05, 3.63) is 34.8 Å². The lowest BCUT2D eigenvalue weighted by Gasteiger charge is -1.90. The van der Waals surface area contributed by atoms with Crippen LogP contribution in [-0.4, -0.2) is 9.38 Å². The van der Waals surface area contributed by atoms with Crippen LogP contribution >= 0.6 is 23.2 Å². The van der Waals surface area contributed by atoms with Crippen LogP contribution in [0.4, 0.5) is 0 Å². The average Bonchev–Trinajstić information content (AvgIpc) is 2.30. The van der Waals surface area contributed by atoms with Gasteiger partial charge in [0.15, 0.2) is 5.15 Å². The summed E-state index contributed by atoms with van der Waals surface area (Å²) in [5.41, 5.74) is 0.833. The molecule has 0 aromatic carbocycles. The van der Waals surface area contributed by atoms with E-state index in [4.69, 9.17) is 23.2 Å². The number of fused-ring (bicyclic) bond motifs is 1. The molecule has 0 bridgehead atoms. The third-order valence-electron chi connectivity index (χ3n) is 1.46. The molecule has 56 valence electrons. The Balaban J connectivity index is 2.95. The highest BCUT2D eigenvalue weighted by atomic mass is 35.5. The molecule has 0 N–H and O–H groups in total. The van der Waals surface area contributed by atoms with E-state index < -0.39 is 0 Å². The van der Waals surface area contributed by atoms with Gasteiger partial charge in [-0.1, -0.05) is 17.7 Å². The number of pyridine rings is 1. The summed E-state index contributed by atoms with van der Waals surface area (Å²) < 4.78 is 1.73. The molecule has 0 amide bonds. The van der Waals surface area contributed by atoms with Crippen molar-refractivity contribution < 1.29 is 0 Å². The van der Waals surface area contributed by atoms with Crippen LogP contribution in [0.1, 0.15) is 0 Å². The van der Waals surface area contributed by atoms with Gasteiger partial charge in [0.2, 0.25) is 5.28 Å². The van der Waals surface area contributed by atoms with Gasteiger partial charge >= 0.3 is 0 Å². The van der Waals surface area contributed by atoms with Crippen LogP contribution in [0.15, 0.2) is 24.4 Å². The number of halogens is 2. The van der Waals surface area contributed by atoms with Crippen LogP contribution in [0.25, 0.3) is 5.52 Å². The number of nitrogens with zero attached hydrogens (tertiary/aromatic N) is 2. The summed E-state index contributed by atoms with van der Waals surface area (Å²) in [7, 11) is 0. The number of hydrogen-bond acceptors (Lipinski definition) is 1. The highest BCUT2D eigenvalue weighted by Crippen LogP contribution is 2.20. The molecular formula is C7H4Cl2N2. The minimum atomic E-state index is 0.394. The molecule has 0 atom stereocenters. The summed E-state index contributed by atoms with van der Waals surface area (Å²) in [4.78, 5) is 3.88. The minimum absolute atomic E-state index is 0.394. The molecule has 11 heavy (non-hydrogen) atoms. The van der Waals surface area contributed by atoms with Gasteiger partial charge in [-0.25, -0.2) is 4.98 Å².